The van der Waals surface area contributed by atoms with Gasteiger partial charge in [0.1, 0.15) is 6.10 Å². The number of rotatable bonds is 6. The molecule has 0 aliphatic carbocycles. The average molecular weight is 198 g/mol. The predicted molar refractivity (Wildman–Crippen MR) is 51.5 cm³/mol. The third-order valence-corrected chi connectivity index (χ3v) is 1.42. The lowest BCUT2D eigenvalue weighted by molar-refractivity contribution is -0.144. The van der Waals surface area contributed by atoms with Crippen LogP contribution < -0.4 is 0 Å². The van der Waals surface area contributed by atoms with Crippen molar-refractivity contribution in [2.45, 2.75) is 19.4 Å². The summed E-state index contributed by atoms with van der Waals surface area (Å²) < 4.78 is 9.54. The third kappa shape index (κ3) is 5.99. The molecule has 0 aliphatic heterocycles. The molecule has 0 bridgehead atoms. The molecule has 0 aromatic heterocycles. The standard InChI is InChI=1S/C10H14O4/c1-4-9(11)13-7-6-8(3)14-10(12)5-2/h4-5,8H,1-2,6-7H2,3H3/t8-/m1/s1. The van der Waals surface area contributed by atoms with E-state index in [1.54, 1.807) is 6.92 Å². The number of ether oxygens (including phenoxy) is 2. The van der Waals surface area contributed by atoms with Crippen molar-refractivity contribution in [2.75, 3.05) is 6.61 Å². The fraction of sp³-hybridized carbons (Fsp3) is 0.400. The molecule has 0 aromatic carbocycles. The van der Waals surface area contributed by atoms with Gasteiger partial charge in [-0.3, -0.25) is 0 Å². The molecule has 0 saturated heterocycles. The average Bonchev–Trinajstić information content (AvgIpc) is 2.17. The number of esters is 2. The molecule has 0 heterocycles. The fourth-order valence-electron chi connectivity index (χ4n) is 0.690. The van der Waals surface area contributed by atoms with Crippen LogP contribution in [0.5, 0.6) is 0 Å². The Hall–Kier alpha value is -1.58. The summed E-state index contributed by atoms with van der Waals surface area (Å²) in [6, 6.07) is 0. The Morgan fingerprint density at radius 1 is 1.29 bits per heavy atom. The van der Waals surface area contributed by atoms with Gasteiger partial charge < -0.3 is 9.47 Å². The molecule has 0 amide bonds. The van der Waals surface area contributed by atoms with Crippen LogP contribution in [0, 0.1) is 0 Å². The second kappa shape index (κ2) is 6.88. The van der Waals surface area contributed by atoms with Crippen molar-refractivity contribution >= 4 is 11.9 Å². The zero-order chi connectivity index (χ0) is 11.0. The van der Waals surface area contributed by atoms with Gasteiger partial charge in [-0.25, -0.2) is 9.59 Å². The molecule has 4 nitrogen and oxygen atoms in total. The van der Waals surface area contributed by atoms with Gasteiger partial charge in [0.15, 0.2) is 0 Å². The van der Waals surface area contributed by atoms with Crippen LogP contribution in [0.2, 0.25) is 0 Å². The van der Waals surface area contributed by atoms with Crippen molar-refractivity contribution < 1.29 is 19.1 Å². The summed E-state index contributed by atoms with van der Waals surface area (Å²) in [6.07, 6.45) is 2.34. The van der Waals surface area contributed by atoms with E-state index in [4.69, 9.17) is 9.47 Å². The molecule has 0 aromatic rings. The molecular formula is C10H14O4. The van der Waals surface area contributed by atoms with E-state index in [-0.39, 0.29) is 12.7 Å². The minimum absolute atomic E-state index is 0.205. The van der Waals surface area contributed by atoms with Crippen LogP contribution in [0.1, 0.15) is 13.3 Å². The summed E-state index contributed by atoms with van der Waals surface area (Å²) in [5.41, 5.74) is 0. The number of carbonyl (C=O) groups is 2. The highest BCUT2D eigenvalue weighted by molar-refractivity contribution is 5.81. The van der Waals surface area contributed by atoms with Crippen molar-refractivity contribution in [3.8, 4) is 0 Å². The lowest BCUT2D eigenvalue weighted by atomic mass is 10.3. The number of carbonyl (C=O) groups excluding carboxylic acids is 2. The van der Waals surface area contributed by atoms with Gasteiger partial charge in [0.05, 0.1) is 6.61 Å². The first-order valence-corrected chi connectivity index (χ1v) is 4.22. The molecule has 0 rings (SSSR count). The third-order valence-electron chi connectivity index (χ3n) is 1.42. The molecule has 0 radical (unpaired) electrons. The van der Waals surface area contributed by atoms with E-state index in [2.05, 4.69) is 13.2 Å². The normalized spacial score (nSPS) is 11.2. The van der Waals surface area contributed by atoms with Gasteiger partial charge in [-0.15, -0.1) is 0 Å². The summed E-state index contributed by atoms with van der Waals surface area (Å²) in [4.78, 5) is 21.3. The second-order valence-corrected chi connectivity index (χ2v) is 2.61. The first-order chi connectivity index (χ1) is 6.60. The predicted octanol–water partition coefficient (Wildman–Crippen LogP) is 1.22. The first-order valence-electron chi connectivity index (χ1n) is 4.22. The van der Waals surface area contributed by atoms with E-state index in [1.807, 2.05) is 0 Å². The van der Waals surface area contributed by atoms with Crippen LogP contribution in [-0.4, -0.2) is 24.6 Å². The molecule has 0 unspecified atom stereocenters. The van der Waals surface area contributed by atoms with E-state index in [9.17, 15) is 9.59 Å². The molecular weight excluding hydrogens is 184 g/mol. The van der Waals surface area contributed by atoms with E-state index in [0.717, 1.165) is 12.2 Å². The molecule has 0 spiro atoms. The zero-order valence-corrected chi connectivity index (χ0v) is 8.19. The highest BCUT2D eigenvalue weighted by Gasteiger charge is 2.06. The molecule has 0 aliphatic rings. The smallest absolute Gasteiger partial charge is 0.330 e. The summed E-state index contributed by atoms with van der Waals surface area (Å²) >= 11 is 0. The molecule has 78 valence electrons. The summed E-state index contributed by atoms with van der Waals surface area (Å²) in [7, 11) is 0. The minimum atomic E-state index is -0.479. The summed E-state index contributed by atoms with van der Waals surface area (Å²) in [5.74, 6) is -0.959. The Bertz CT molecular complexity index is 232. The highest BCUT2D eigenvalue weighted by Crippen LogP contribution is 1.99. The molecule has 4 heteroatoms. The van der Waals surface area contributed by atoms with E-state index in [0.29, 0.717) is 6.42 Å². The van der Waals surface area contributed by atoms with Gasteiger partial charge >= 0.3 is 11.9 Å². The largest absolute Gasteiger partial charge is 0.462 e. The van der Waals surface area contributed by atoms with Crippen molar-refractivity contribution in [2.24, 2.45) is 0 Å². The Labute approximate surface area is 83.2 Å². The Morgan fingerprint density at radius 3 is 2.36 bits per heavy atom. The minimum Gasteiger partial charge on any atom is -0.462 e. The van der Waals surface area contributed by atoms with Crippen LogP contribution in [-0.2, 0) is 19.1 Å². The van der Waals surface area contributed by atoms with Gasteiger partial charge in [0.2, 0.25) is 0 Å². The van der Waals surface area contributed by atoms with Gasteiger partial charge in [-0.2, -0.15) is 0 Å². The molecule has 0 N–H and O–H groups in total. The van der Waals surface area contributed by atoms with Gasteiger partial charge in [-0.05, 0) is 6.92 Å². The topological polar surface area (TPSA) is 52.6 Å². The van der Waals surface area contributed by atoms with Crippen molar-refractivity contribution in [1.29, 1.82) is 0 Å². The van der Waals surface area contributed by atoms with E-state index < -0.39 is 11.9 Å². The SMILES string of the molecule is C=CC(=O)OCC[C@@H](C)OC(=O)C=C. The summed E-state index contributed by atoms with van der Waals surface area (Å²) in [5, 5.41) is 0. The monoisotopic (exact) mass is 198 g/mol. The van der Waals surface area contributed by atoms with Crippen LogP contribution in [0.3, 0.4) is 0 Å². The second-order valence-electron chi connectivity index (χ2n) is 2.61. The van der Waals surface area contributed by atoms with Crippen LogP contribution in [0.25, 0.3) is 0 Å². The number of hydrogen-bond donors (Lipinski definition) is 0. The Morgan fingerprint density at radius 2 is 1.86 bits per heavy atom. The lowest BCUT2D eigenvalue weighted by Gasteiger charge is -2.11. The summed E-state index contributed by atoms with van der Waals surface area (Å²) in [6.45, 7) is 8.43. The van der Waals surface area contributed by atoms with Crippen molar-refractivity contribution in [1.82, 2.24) is 0 Å². The van der Waals surface area contributed by atoms with Crippen LogP contribution >= 0.6 is 0 Å². The number of hydrogen-bond acceptors (Lipinski definition) is 4. The lowest BCUT2D eigenvalue weighted by Crippen LogP contribution is -2.16. The molecule has 14 heavy (non-hydrogen) atoms. The maximum absolute atomic E-state index is 10.7. The van der Waals surface area contributed by atoms with E-state index >= 15 is 0 Å². The Balaban J connectivity index is 3.58. The van der Waals surface area contributed by atoms with E-state index in [1.165, 1.54) is 0 Å². The molecule has 1 atom stereocenters. The molecule has 0 fully saturated rings. The Kier molecular flexibility index (Phi) is 6.11. The first kappa shape index (κ1) is 12.4. The van der Waals surface area contributed by atoms with Crippen LogP contribution in [0.15, 0.2) is 25.3 Å². The molecule has 0 saturated carbocycles. The van der Waals surface area contributed by atoms with Crippen LogP contribution in [0.4, 0.5) is 0 Å². The van der Waals surface area contributed by atoms with Gasteiger partial charge in [-0.1, -0.05) is 13.2 Å². The van der Waals surface area contributed by atoms with Gasteiger partial charge in [0, 0.05) is 18.6 Å². The van der Waals surface area contributed by atoms with Crippen molar-refractivity contribution in [3.63, 3.8) is 0 Å². The van der Waals surface area contributed by atoms with Crippen molar-refractivity contribution in [3.05, 3.63) is 25.3 Å². The fourth-order valence-corrected chi connectivity index (χ4v) is 0.690. The highest BCUT2D eigenvalue weighted by atomic mass is 16.6. The maximum atomic E-state index is 10.7. The maximum Gasteiger partial charge on any atom is 0.330 e. The zero-order valence-electron chi connectivity index (χ0n) is 8.19. The quantitative estimate of drug-likeness (QED) is 0.475. The van der Waals surface area contributed by atoms with Gasteiger partial charge in [0.25, 0.3) is 0 Å².